The van der Waals surface area contributed by atoms with Gasteiger partial charge in [-0.1, -0.05) is 12.1 Å². The van der Waals surface area contributed by atoms with Crippen LogP contribution in [0.5, 0.6) is 0 Å². The monoisotopic (exact) mass is 333 g/mol. The zero-order chi connectivity index (χ0) is 11.8. The molecule has 0 aliphatic carbocycles. The van der Waals surface area contributed by atoms with Crippen LogP contribution in [-0.4, -0.2) is 32.1 Å². The predicted octanol–water partition coefficient (Wildman–Crippen LogP) is 0.569. The molecule has 0 radical (unpaired) electrons. The molecular formula is C11H16IN3O. The molecule has 0 saturated carbocycles. The van der Waals surface area contributed by atoms with Gasteiger partial charge in [0.15, 0.2) is 0 Å². The molecule has 0 fully saturated rings. The van der Waals surface area contributed by atoms with Gasteiger partial charge in [-0.15, -0.1) is 0 Å². The largest absolute Gasteiger partial charge is 0.351 e. The van der Waals surface area contributed by atoms with E-state index in [1.165, 1.54) is 0 Å². The number of rotatable bonds is 6. The van der Waals surface area contributed by atoms with Crippen LogP contribution >= 0.6 is 22.6 Å². The minimum absolute atomic E-state index is 0.0282. The summed E-state index contributed by atoms with van der Waals surface area (Å²) in [7, 11) is 0. The number of nitrogens with one attached hydrogen (secondary N) is 2. The molecule has 1 aromatic carbocycles. The number of halogens is 1. The first-order chi connectivity index (χ1) is 7.75. The molecule has 88 valence electrons. The maximum Gasteiger partial charge on any atom is 0.252 e. The highest BCUT2D eigenvalue weighted by Gasteiger charge is 2.07. The van der Waals surface area contributed by atoms with Crippen LogP contribution in [0.25, 0.3) is 0 Å². The standard InChI is InChI=1S/C11H16IN3O/c12-10-4-2-1-3-9(10)11(16)15-8-7-14-6-5-13/h1-4,14H,5-8,13H2,(H,15,16). The van der Waals surface area contributed by atoms with Gasteiger partial charge in [0.2, 0.25) is 0 Å². The van der Waals surface area contributed by atoms with Crippen molar-refractivity contribution in [3.63, 3.8) is 0 Å². The average Bonchev–Trinajstić information content (AvgIpc) is 2.29. The van der Waals surface area contributed by atoms with Crippen LogP contribution in [0.4, 0.5) is 0 Å². The lowest BCUT2D eigenvalue weighted by molar-refractivity contribution is 0.0953. The Morgan fingerprint density at radius 1 is 1.25 bits per heavy atom. The van der Waals surface area contributed by atoms with E-state index in [1.807, 2.05) is 24.3 Å². The summed E-state index contributed by atoms with van der Waals surface area (Å²) < 4.78 is 0.965. The fourth-order valence-electron chi connectivity index (χ4n) is 1.23. The predicted molar refractivity (Wildman–Crippen MR) is 73.4 cm³/mol. The molecule has 0 aliphatic heterocycles. The van der Waals surface area contributed by atoms with E-state index in [0.717, 1.165) is 22.2 Å². The Bertz CT molecular complexity index is 344. The Balaban J connectivity index is 2.33. The third-order valence-electron chi connectivity index (χ3n) is 2.03. The van der Waals surface area contributed by atoms with Gasteiger partial charge in [-0.05, 0) is 34.7 Å². The lowest BCUT2D eigenvalue weighted by Crippen LogP contribution is -2.34. The second-order valence-electron chi connectivity index (χ2n) is 3.27. The number of hydrogen-bond donors (Lipinski definition) is 3. The zero-order valence-corrected chi connectivity index (χ0v) is 11.2. The molecule has 0 spiro atoms. The molecule has 4 N–H and O–H groups in total. The van der Waals surface area contributed by atoms with Crippen molar-refractivity contribution >= 4 is 28.5 Å². The summed E-state index contributed by atoms with van der Waals surface area (Å²) in [5, 5.41) is 5.97. The molecule has 5 heteroatoms. The number of amides is 1. The van der Waals surface area contributed by atoms with Gasteiger partial charge in [0, 0.05) is 29.7 Å². The molecule has 0 atom stereocenters. The minimum Gasteiger partial charge on any atom is -0.351 e. The maximum absolute atomic E-state index is 11.7. The third kappa shape index (κ3) is 4.46. The SMILES string of the molecule is NCCNCCNC(=O)c1ccccc1I. The van der Waals surface area contributed by atoms with Crippen molar-refractivity contribution in [1.29, 1.82) is 0 Å². The normalized spacial score (nSPS) is 10.1. The molecule has 1 aromatic rings. The van der Waals surface area contributed by atoms with E-state index in [4.69, 9.17) is 5.73 Å². The summed E-state index contributed by atoms with van der Waals surface area (Å²) in [5.41, 5.74) is 6.05. The first kappa shape index (κ1) is 13.4. The third-order valence-corrected chi connectivity index (χ3v) is 2.97. The quantitative estimate of drug-likeness (QED) is 0.527. The summed E-state index contributed by atoms with van der Waals surface area (Å²) in [6.07, 6.45) is 0. The van der Waals surface area contributed by atoms with E-state index in [2.05, 4.69) is 33.2 Å². The zero-order valence-electron chi connectivity index (χ0n) is 9.00. The van der Waals surface area contributed by atoms with E-state index in [1.54, 1.807) is 0 Å². The molecule has 0 heterocycles. The van der Waals surface area contributed by atoms with Gasteiger partial charge < -0.3 is 16.4 Å². The first-order valence-corrected chi connectivity index (χ1v) is 6.27. The average molecular weight is 333 g/mol. The van der Waals surface area contributed by atoms with Gasteiger partial charge in [-0.25, -0.2) is 0 Å². The number of carbonyl (C=O) groups excluding carboxylic acids is 1. The highest BCUT2D eigenvalue weighted by Crippen LogP contribution is 2.10. The molecular weight excluding hydrogens is 317 g/mol. The second kappa shape index (κ2) is 7.59. The van der Waals surface area contributed by atoms with Crippen LogP contribution in [0, 0.1) is 3.57 Å². The van der Waals surface area contributed by atoms with Crippen LogP contribution in [0.15, 0.2) is 24.3 Å². The van der Waals surface area contributed by atoms with Gasteiger partial charge in [-0.3, -0.25) is 4.79 Å². The van der Waals surface area contributed by atoms with E-state index in [9.17, 15) is 4.79 Å². The summed E-state index contributed by atoms with van der Waals surface area (Å²) >= 11 is 2.16. The van der Waals surface area contributed by atoms with Gasteiger partial charge in [-0.2, -0.15) is 0 Å². The van der Waals surface area contributed by atoms with Crippen molar-refractivity contribution < 1.29 is 4.79 Å². The van der Waals surface area contributed by atoms with Crippen molar-refractivity contribution in [1.82, 2.24) is 10.6 Å². The highest BCUT2D eigenvalue weighted by molar-refractivity contribution is 14.1. The molecule has 1 amide bonds. The summed E-state index contributed by atoms with van der Waals surface area (Å²) in [5.74, 6) is -0.0282. The minimum atomic E-state index is -0.0282. The van der Waals surface area contributed by atoms with Crippen LogP contribution in [0.3, 0.4) is 0 Å². The van der Waals surface area contributed by atoms with Crippen LogP contribution < -0.4 is 16.4 Å². The Labute approximate surface area is 109 Å². The van der Waals surface area contributed by atoms with E-state index >= 15 is 0 Å². The molecule has 0 aromatic heterocycles. The fraction of sp³-hybridized carbons (Fsp3) is 0.364. The molecule has 0 unspecified atom stereocenters. The van der Waals surface area contributed by atoms with E-state index in [-0.39, 0.29) is 5.91 Å². The number of hydrogen-bond acceptors (Lipinski definition) is 3. The van der Waals surface area contributed by atoms with Gasteiger partial charge >= 0.3 is 0 Å². The Kier molecular flexibility index (Phi) is 6.36. The van der Waals surface area contributed by atoms with Gasteiger partial charge in [0.05, 0.1) is 5.56 Å². The smallest absolute Gasteiger partial charge is 0.252 e. The van der Waals surface area contributed by atoms with Crippen molar-refractivity contribution in [3.8, 4) is 0 Å². The van der Waals surface area contributed by atoms with Crippen molar-refractivity contribution in [2.24, 2.45) is 5.73 Å². The summed E-state index contributed by atoms with van der Waals surface area (Å²) in [6, 6.07) is 7.53. The van der Waals surface area contributed by atoms with Crippen molar-refractivity contribution in [2.45, 2.75) is 0 Å². The first-order valence-electron chi connectivity index (χ1n) is 5.19. The van der Waals surface area contributed by atoms with Gasteiger partial charge in [0.1, 0.15) is 0 Å². The molecule has 4 nitrogen and oxygen atoms in total. The van der Waals surface area contributed by atoms with Gasteiger partial charge in [0.25, 0.3) is 5.91 Å². The second-order valence-corrected chi connectivity index (χ2v) is 4.44. The molecule has 0 aliphatic rings. The van der Waals surface area contributed by atoms with E-state index in [0.29, 0.717) is 13.1 Å². The van der Waals surface area contributed by atoms with Crippen LogP contribution in [0.2, 0.25) is 0 Å². The van der Waals surface area contributed by atoms with E-state index < -0.39 is 0 Å². The molecule has 16 heavy (non-hydrogen) atoms. The topological polar surface area (TPSA) is 67.2 Å². The number of nitrogens with two attached hydrogens (primary N) is 1. The van der Waals surface area contributed by atoms with Crippen molar-refractivity contribution in [3.05, 3.63) is 33.4 Å². The maximum atomic E-state index is 11.7. The van der Waals surface area contributed by atoms with Crippen LogP contribution in [-0.2, 0) is 0 Å². The Hall–Kier alpha value is -0.660. The summed E-state index contributed by atoms with van der Waals surface area (Å²) in [6.45, 7) is 2.75. The Morgan fingerprint density at radius 2 is 2.00 bits per heavy atom. The molecule has 1 rings (SSSR count). The highest BCUT2D eigenvalue weighted by atomic mass is 127. The lowest BCUT2D eigenvalue weighted by atomic mass is 10.2. The lowest BCUT2D eigenvalue weighted by Gasteiger charge is -2.07. The van der Waals surface area contributed by atoms with Crippen molar-refractivity contribution in [2.75, 3.05) is 26.2 Å². The fourth-order valence-corrected chi connectivity index (χ4v) is 1.86. The number of benzene rings is 1. The van der Waals surface area contributed by atoms with Crippen LogP contribution in [0.1, 0.15) is 10.4 Å². The number of carbonyl (C=O) groups is 1. The molecule has 0 bridgehead atoms. The summed E-state index contributed by atoms with van der Waals surface area (Å²) in [4.78, 5) is 11.7. The molecule has 0 saturated heterocycles. The Morgan fingerprint density at radius 3 is 2.69 bits per heavy atom.